The molecule has 0 aromatic heterocycles. The summed E-state index contributed by atoms with van der Waals surface area (Å²) in [5.41, 5.74) is 4.12. The largest absolute Gasteiger partial charge is 0.504 e. The van der Waals surface area contributed by atoms with Crippen molar-refractivity contribution in [3.63, 3.8) is 0 Å². The molecule has 0 atom stereocenters. The third-order valence-electron chi connectivity index (χ3n) is 3.19. The van der Waals surface area contributed by atoms with Crippen molar-refractivity contribution >= 4 is 0 Å². The smallest absolute Gasteiger partial charge is 0.165 e. The van der Waals surface area contributed by atoms with Crippen LogP contribution in [0.5, 0.6) is 11.5 Å². The summed E-state index contributed by atoms with van der Waals surface area (Å²) >= 11 is 0. The van der Waals surface area contributed by atoms with Crippen LogP contribution in [0.25, 0.3) is 11.1 Å². The van der Waals surface area contributed by atoms with Gasteiger partial charge in [0.05, 0.1) is 0 Å². The molecular formula is C16H18O2. The number of phenols is 2. The number of hydrogen-bond donors (Lipinski definition) is 2. The molecule has 0 spiro atoms. The molecule has 18 heavy (non-hydrogen) atoms. The molecule has 0 unspecified atom stereocenters. The molecule has 2 nitrogen and oxygen atoms in total. The summed E-state index contributed by atoms with van der Waals surface area (Å²) in [5, 5.41) is 19.5. The van der Waals surface area contributed by atoms with Crippen LogP contribution in [0.4, 0.5) is 0 Å². The van der Waals surface area contributed by atoms with E-state index in [0.717, 1.165) is 18.4 Å². The van der Waals surface area contributed by atoms with Crippen LogP contribution in [0.3, 0.4) is 0 Å². The quantitative estimate of drug-likeness (QED) is 0.802. The molecule has 2 rings (SSSR count). The molecule has 2 heteroatoms. The number of para-hydroxylation sites is 1. The molecule has 2 aromatic carbocycles. The number of hydrogen-bond acceptors (Lipinski definition) is 2. The fourth-order valence-electron chi connectivity index (χ4n) is 2.09. The van der Waals surface area contributed by atoms with Gasteiger partial charge in [-0.05, 0) is 35.6 Å². The summed E-state index contributed by atoms with van der Waals surface area (Å²) in [6.45, 7) is 4.22. The number of aromatic hydroxyl groups is 2. The third kappa shape index (κ3) is 2.33. The lowest BCUT2D eigenvalue weighted by Gasteiger charge is -2.10. The Balaban J connectivity index is 2.59. The molecule has 0 bridgehead atoms. The van der Waals surface area contributed by atoms with Gasteiger partial charge in [0.15, 0.2) is 11.5 Å². The molecule has 0 aliphatic rings. The van der Waals surface area contributed by atoms with Gasteiger partial charge in [0.1, 0.15) is 0 Å². The summed E-state index contributed by atoms with van der Waals surface area (Å²) in [4.78, 5) is 0. The van der Waals surface area contributed by atoms with Gasteiger partial charge in [0.2, 0.25) is 0 Å². The van der Waals surface area contributed by atoms with Gasteiger partial charge in [-0.3, -0.25) is 0 Å². The Morgan fingerprint density at radius 1 is 0.889 bits per heavy atom. The van der Waals surface area contributed by atoms with E-state index in [-0.39, 0.29) is 11.5 Å². The Morgan fingerprint density at radius 2 is 1.50 bits per heavy atom. The Morgan fingerprint density at radius 3 is 2.06 bits per heavy atom. The highest BCUT2D eigenvalue weighted by atomic mass is 16.3. The normalized spacial score (nSPS) is 10.6. The molecule has 2 N–H and O–H groups in total. The van der Waals surface area contributed by atoms with E-state index in [4.69, 9.17) is 0 Å². The minimum Gasteiger partial charge on any atom is -0.504 e. The first kappa shape index (κ1) is 12.5. The maximum atomic E-state index is 9.93. The van der Waals surface area contributed by atoms with Gasteiger partial charge in [-0.15, -0.1) is 0 Å². The lowest BCUT2D eigenvalue weighted by atomic mass is 9.97. The van der Waals surface area contributed by atoms with Crippen molar-refractivity contribution < 1.29 is 10.2 Å². The minimum absolute atomic E-state index is 0.0483. The number of rotatable bonds is 3. The number of phenolic OH excluding ortho intramolecular Hbond substituents is 2. The van der Waals surface area contributed by atoms with E-state index in [2.05, 4.69) is 32.0 Å². The molecule has 0 heterocycles. The fourth-order valence-corrected chi connectivity index (χ4v) is 2.09. The summed E-state index contributed by atoms with van der Waals surface area (Å²) in [5.74, 6) is -0.125. The third-order valence-corrected chi connectivity index (χ3v) is 3.19. The van der Waals surface area contributed by atoms with Crippen molar-refractivity contribution in [1.29, 1.82) is 0 Å². The van der Waals surface area contributed by atoms with Crippen LogP contribution in [0.15, 0.2) is 36.4 Å². The first-order chi connectivity index (χ1) is 8.65. The van der Waals surface area contributed by atoms with Gasteiger partial charge in [0, 0.05) is 5.56 Å². The molecule has 94 valence electrons. The first-order valence-corrected chi connectivity index (χ1v) is 6.29. The summed E-state index contributed by atoms with van der Waals surface area (Å²) in [6, 6.07) is 11.4. The molecule has 0 radical (unpaired) electrons. The van der Waals surface area contributed by atoms with Crippen molar-refractivity contribution in [1.82, 2.24) is 0 Å². The van der Waals surface area contributed by atoms with Gasteiger partial charge >= 0.3 is 0 Å². The summed E-state index contributed by atoms with van der Waals surface area (Å²) in [6.07, 6.45) is 1.92. The van der Waals surface area contributed by atoms with Crippen LogP contribution >= 0.6 is 0 Å². The van der Waals surface area contributed by atoms with E-state index in [1.807, 2.05) is 6.07 Å². The summed E-state index contributed by atoms with van der Waals surface area (Å²) < 4.78 is 0. The standard InChI is InChI=1S/C16H18O2/c1-3-11-8-12(4-2)10-13(9-11)14-6-5-7-15(17)16(14)18/h5-10,17-18H,3-4H2,1-2H3. The minimum atomic E-state index is -0.0764. The van der Waals surface area contributed by atoms with Gasteiger partial charge < -0.3 is 10.2 Å². The zero-order valence-electron chi connectivity index (χ0n) is 10.8. The molecule has 0 saturated carbocycles. The lowest BCUT2D eigenvalue weighted by molar-refractivity contribution is 0.405. The Kier molecular flexibility index (Phi) is 3.56. The highest BCUT2D eigenvalue weighted by Gasteiger charge is 2.09. The van der Waals surface area contributed by atoms with Gasteiger partial charge in [-0.1, -0.05) is 44.2 Å². The second kappa shape index (κ2) is 5.13. The van der Waals surface area contributed by atoms with E-state index >= 15 is 0 Å². The SMILES string of the molecule is CCc1cc(CC)cc(-c2cccc(O)c2O)c1. The molecule has 0 aliphatic heterocycles. The van der Waals surface area contributed by atoms with E-state index in [0.29, 0.717) is 5.56 Å². The van der Waals surface area contributed by atoms with Gasteiger partial charge in [0.25, 0.3) is 0 Å². The second-order valence-corrected chi connectivity index (χ2v) is 4.42. The Labute approximate surface area is 108 Å². The van der Waals surface area contributed by atoms with E-state index < -0.39 is 0 Å². The van der Waals surface area contributed by atoms with Crippen LogP contribution in [0.2, 0.25) is 0 Å². The predicted molar refractivity (Wildman–Crippen MR) is 74.0 cm³/mol. The monoisotopic (exact) mass is 242 g/mol. The zero-order chi connectivity index (χ0) is 13.1. The van der Waals surface area contributed by atoms with E-state index in [1.165, 1.54) is 17.2 Å². The van der Waals surface area contributed by atoms with E-state index in [1.54, 1.807) is 6.07 Å². The van der Waals surface area contributed by atoms with Gasteiger partial charge in [-0.25, -0.2) is 0 Å². The predicted octanol–water partition coefficient (Wildman–Crippen LogP) is 3.89. The van der Waals surface area contributed by atoms with Crippen molar-refractivity contribution in [2.45, 2.75) is 26.7 Å². The molecule has 0 fully saturated rings. The van der Waals surface area contributed by atoms with Crippen molar-refractivity contribution in [2.24, 2.45) is 0 Å². The first-order valence-electron chi connectivity index (χ1n) is 6.29. The van der Waals surface area contributed by atoms with Crippen LogP contribution in [0, 0.1) is 0 Å². The molecule has 0 aliphatic carbocycles. The Bertz CT molecular complexity index is 537. The highest BCUT2D eigenvalue weighted by Crippen LogP contribution is 2.36. The number of benzene rings is 2. The van der Waals surface area contributed by atoms with Crippen LogP contribution in [-0.2, 0) is 12.8 Å². The van der Waals surface area contributed by atoms with Crippen LogP contribution in [-0.4, -0.2) is 10.2 Å². The maximum Gasteiger partial charge on any atom is 0.165 e. The van der Waals surface area contributed by atoms with Crippen molar-refractivity contribution in [3.05, 3.63) is 47.5 Å². The molecule has 0 amide bonds. The maximum absolute atomic E-state index is 9.93. The number of aryl methyl sites for hydroxylation is 2. The van der Waals surface area contributed by atoms with Crippen LogP contribution in [0.1, 0.15) is 25.0 Å². The van der Waals surface area contributed by atoms with E-state index in [9.17, 15) is 10.2 Å². The lowest BCUT2D eigenvalue weighted by Crippen LogP contribution is -1.89. The molecular weight excluding hydrogens is 224 g/mol. The van der Waals surface area contributed by atoms with Crippen LogP contribution < -0.4 is 0 Å². The highest BCUT2D eigenvalue weighted by molar-refractivity contribution is 5.74. The average Bonchev–Trinajstić information content (AvgIpc) is 2.41. The molecule has 0 saturated heterocycles. The topological polar surface area (TPSA) is 40.5 Å². The average molecular weight is 242 g/mol. The Hall–Kier alpha value is -1.96. The van der Waals surface area contributed by atoms with Crippen molar-refractivity contribution in [2.75, 3.05) is 0 Å². The molecule has 2 aromatic rings. The van der Waals surface area contributed by atoms with Gasteiger partial charge in [-0.2, -0.15) is 0 Å². The second-order valence-electron chi connectivity index (χ2n) is 4.42. The summed E-state index contributed by atoms with van der Waals surface area (Å²) in [7, 11) is 0. The van der Waals surface area contributed by atoms with Crippen molar-refractivity contribution in [3.8, 4) is 22.6 Å². The zero-order valence-corrected chi connectivity index (χ0v) is 10.8. The fraction of sp³-hybridized carbons (Fsp3) is 0.250.